The number of benzene rings is 3. The molecule has 1 unspecified atom stereocenters. The first-order valence-corrected chi connectivity index (χ1v) is 13.6. The monoisotopic (exact) mass is 580 g/mol. The quantitative estimate of drug-likeness (QED) is 0.221. The number of hydrogen-bond acceptors (Lipinski definition) is 8. The van der Waals surface area contributed by atoms with Gasteiger partial charge in [-0.25, -0.2) is 19.2 Å². The summed E-state index contributed by atoms with van der Waals surface area (Å²) in [7, 11) is 3.26. The largest absolute Gasteiger partial charge is 0.496 e. The van der Waals surface area contributed by atoms with Crippen LogP contribution >= 0.6 is 11.6 Å². The molecule has 3 aromatic carbocycles. The Morgan fingerprint density at radius 2 is 1.57 bits per heavy atom. The van der Waals surface area contributed by atoms with Crippen LogP contribution in [-0.2, 0) is 6.61 Å². The zero-order valence-corrected chi connectivity index (χ0v) is 23.7. The topological polar surface area (TPSA) is 97.8 Å². The van der Waals surface area contributed by atoms with Crippen molar-refractivity contribution in [3.8, 4) is 34.7 Å². The highest BCUT2D eigenvalue weighted by Crippen LogP contribution is 2.51. The molecule has 4 heterocycles. The third-order valence-corrected chi connectivity index (χ3v) is 7.46. The zero-order chi connectivity index (χ0) is 28.8. The molecule has 11 heteroatoms. The number of aryl methyl sites for hydroxylation is 1. The predicted octanol–water partition coefficient (Wildman–Crippen LogP) is 6.15. The first kappa shape index (κ1) is 25.8. The highest BCUT2D eigenvalue weighted by atomic mass is 35.5. The Kier molecular flexibility index (Phi) is 6.39. The fourth-order valence-corrected chi connectivity index (χ4v) is 5.46. The molecule has 210 valence electrons. The van der Waals surface area contributed by atoms with Crippen LogP contribution in [0.4, 0.5) is 0 Å². The van der Waals surface area contributed by atoms with Crippen LogP contribution in [0, 0.1) is 6.92 Å². The minimum Gasteiger partial charge on any atom is -0.496 e. The molecule has 42 heavy (non-hydrogen) atoms. The molecule has 0 saturated carbocycles. The Morgan fingerprint density at radius 1 is 0.857 bits per heavy atom. The molecular weight excluding hydrogens is 556 g/mol. The summed E-state index contributed by atoms with van der Waals surface area (Å²) in [5, 5.41) is 10.2. The number of aromatic nitrogens is 6. The lowest BCUT2D eigenvalue weighted by Gasteiger charge is -2.27. The van der Waals surface area contributed by atoms with E-state index in [1.165, 1.54) is 0 Å². The normalized spacial score (nSPS) is 13.8. The Hall–Kier alpha value is -5.09. The summed E-state index contributed by atoms with van der Waals surface area (Å²) in [4.78, 5) is 9.56. The minimum atomic E-state index is -0.357. The van der Waals surface area contributed by atoms with E-state index in [4.69, 9.17) is 40.6 Å². The van der Waals surface area contributed by atoms with E-state index in [1.54, 1.807) is 29.7 Å². The predicted molar refractivity (Wildman–Crippen MR) is 155 cm³/mol. The Bertz CT molecular complexity index is 1930. The Labute approximate surface area is 246 Å². The number of halogens is 1. The molecule has 0 saturated heterocycles. The van der Waals surface area contributed by atoms with Gasteiger partial charge >= 0.3 is 0 Å². The van der Waals surface area contributed by atoms with E-state index in [0.29, 0.717) is 39.8 Å². The highest BCUT2D eigenvalue weighted by Gasteiger charge is 2.39. The molecule has 0 fully saturated rings. The summed E-state index contributed by atoms with van der Waals surface area (Å²) < 4.78 is 27.2. The van der Waals surface area contributed by atoms with Crippen molar-refractivity contribution >= 4 is 17.2 Å². The average molecular weight is 581 g/mol. The first-order valence-electron chi connectivity index (χ1n) is 13.2. The van der Waals surface area contributed by atoms with Crippen molar-refractivity contribution in [1.82, 2.24) is 29.4 Å². The fourth-order valence-electron chi connectivity index (χ4n) is 5.34. The van der Waals surface area contributed by atoms with Crippen molar-refractivity contribution in [3.63, 3.8) is 0 Å². The molecule has 10 nitrogen and oxygen atoms in total. The molecule has 0 radical (unpaired) electrons. The standard InChI is InChI=1S/C31H25ClN6O4/c1-18-26-27(21-8-4-5-9-22(21)39-2)28-29-34-25(16-41-24-11-7-6-10-23(24)40-3)36-37(29)17-33-30(28)42-31(26)38(35-18)20-14-12-19(32)13-15-20/h4-15,17,27H,16H2,1-3H3. The van der Waals surface area contributed by atoms with Gasteiger partial charge < -0.3 is 18.9 Å². The smallest absolute Gasteiger partial charge is 0.230 e. The molecule has 0 amide bonds. The maximum atomic E-state index is 6.50. The van der Waals surface area contributed by atoms with Crippen molar-refractivity contribution in [2.45, 2.75) is 19.4 Å². The molecule has 1 aliphatic heterocycles. The van der Waals surface area contributed by atoms with Gasteiger partial charge in [-0.2, -0.15) is 5.10 Å². The van der Waals surface area contributed by atoms with Gasteiger partial charge in [0.1, 0.15) is 18.7 Å². The van der Waals surface area contributed by atoms with E-state index in [2.05, 4.69) is 10.1 Å². The maximum absolute atomic E-state index is 6.50. The lowest BCUT2D eigenvalue weighted by atomic mass is 9.84. The molecule has 0 bridgehead atoms. The van der Waals surface area contributed by atoms with E-state index >= 15 is 0 Å². The number of fused-ring (bicyclic) bond motifs is 4. The third-order valence-electron chi connectivity index (χ3n) is 7.21. The summed E-state index contributed by atoms with van der Waals surface area (Å²) in [6, 6.07) is 22.8. The number of para-hydroxylation sites is 3. The van der Waals surface area contributed by atoms with Crippen molar-refractivity contribution in [1.29, 1.82) is 0 Å². The second-order valence-electron chi connectivity index (χ2n) is 9.67. The summed E-state index contributed by atoms with van der Waals surface area (Å²) in [6.07, 6.45) is 1.59. The Morgan fingerprint density at radius 3 is 2.33 bits per heavy atom. The summed E-state index contributed by atoms with van der Waals surface area (Å²) in [6.45, 7) is 2.10. The zero-order valence-electron chi connectivity index (χ0n) is 23.0. The maximum Gasteiger partial charge on any atom is 0.230 e. The van der Waals surface area contributed by atoms with Gasteiger partial charge in [0, 0.05) is 10.6 Å². The molecule has 1 atom stereocenters. The van der Waals surface area contributed by atoms with Crippen LogP contribution in [0.15, 0.2) is 79.1 Å². The average Bonchev–Trinajstić information content (AvgIpc) is 3.60. The van der Waals surface area contributed by atoms with Crippen LogP contribution in [0.2, 0.25) is 5.02 Å². The number of methoxy groups -OCH3 is 2. The van der Waals surface area contributed by atoms with Gasteiger partial charge in [-0.3, -0.25) is 0 Å². The second-order valence-corrected chi connectivity index (χ2v) is 10.1. The van der Waals surface area contributed by atoms with Gasteiger partial charge in [-0.1, -0.05) is 41.9 Å². The van der Waals surface area contributed by atoms with E-state index in [0.717, 1.165) is 33.8 Å². The second kappa shape index (κ2) is 10.4. The molecular formula is C31H25ClN6O4. The van der Waals surface area contributed by atoms with E-state index in [1.807, 2.05) is 79.7 Å². The lowest BCUT2D eigenvalue weighted by molar-refractivity contribution is 0.276. The highest BCUT2D eigenvalue weighted by molar-refractivity contribution is 6.30. The fraction of sp³-hybridized carbons (Fsp3) is 0.161. The van der Waals surface area contributed by atoms with Crippen LogP contribution in [-0.4, -0.2) is 43.6 Å². The van der Waals surface area contributed by atoms with Crippen LogP contribution < -0.4 is 18.9 Å². The molecule has 0 spiro atoms. The van der Waals surface area contributed by atoms with Gasteiger partial charge in [0.2, 0.25) is 11.8 Å². The SMILES string of the molecule is COc1ccccc1OCc1nc2c3c(ncn2n1)Oc1c(c(C)nn1-c1ccc(Cl)cc1)C3c1ccccc1OC. The number of nitrogens with zero attached hydrogens (tertiary/aromatic N) is 6. The first-order chi connectivity index (χ1) is 20.6. The summed E-state index contributed by atoms with van der Waals surface area (Å²) in [5.74, 6) is 3.05. The van der Waals surface area contributed by atoms with Crippen molar-refractivity contribution in [2.24, 2.45) is 0 Å². The van der Waals surface area contributed by atoms with Crippen LogP contribution in [0.3, 0.4) is 0 Å². The lowest BCUT2D eigenvalue weighted by Crippen LogP contribution is -2.16. The van der Waals surface area contributed by atoms with Crippen LogP contribution in [0.5, 0.6) is 29.0 Å². The van der Waals surface area contributed by atoms with Crippen LogP contribution in [0.1, 0.15) is 34.1 Å². The van der Waals surface area contributed by atoms with Crippen molar-refractivity contribution in [3.05, 3.63) is 112 Å². The van der Waals surface area contributed by atoms with E-state index in [9.17, 15) is 0 Å². The van der Waals surface area contributed by atoms with E-state index < -0.39 is 0 Å². The van der Waals surface area contributed by atoms with Crippen LogP contribution in [0.25, 0.3) is 11.3 Å². The molecule has 0 aliphatic carbocycles. The molecule has 0 N–H and O–H groups in total. The molecule has 3 aromatic heterocycles. The Balaban J connectivity index is 1.38. The van der Waals surface area contributed by atoms with Gasteiger partial charge in [0.15, 0.2) is 23.0 Å². The summed E-state index contributed by atoms with van der Waals surface area (Å²) >= 11 is 6.17. The summed E-state index contributed by atoms with van der Waals surface area (Å²) in [5.41, 5.74) is 4.76. The third kappa shape index (κ3) is 4.27. The minimum absolute atomic E-state index is 0.135. The molecule has 6 aromatic rings. The molecule has 1 aliphatic rings. The van der Waals surface area contributed by atoms with Gasteiger partial charge in [0.25, 0.3) is 0 Å². The molecule has 7 rings (SSSR count). The van der Waals surface area contributed by atoms with Gasteiger partial charge in [0.05, 0.1) is 42.6 Å². The van der Waals surface area contributed by atoms with Gasteiger partial charge in [-0.15, -0.1) is 5.10 Å². The number of ether oxygens (including phenoxy) is 4. The van der Waals surface area contributed by atoms with Gasteiger partial charge in [-0.05, 0) is 49.4 Å². The van der Waals surface area contributed by atoms with Crippen molar-refractivity contribution in [2.75, 3.05) is 14.2 Å². The van der Waals surface area contributed by atoms with E-state index in [-0.39, 0.29) is 12.5 Å². The number of rotatable bonds is 7. The number of hydrogen-bond donors (Lipinski definition) is 0. The van der Waals surface area contributed by atoms with Crippen molar-refractivity contribution < 1.29 is 18.9 Å².